The number of rotatable bonds is 4. The van der Waals surface area contributed by atoms with Crippen LogP contribution in [0.1, 0.15) is 43.7 Å². The van der Waals surface area contributed by atoms with Crippen LogP contribution < -0.4 is 0 Å². The number of hydrogen-bond acceptors (Lipinski definition) is 1. The minimum absolute atomic E-state index is 0.197. The van der Waals surface area contributed by atoms with Gasteiger partial charge in [-0.15, -0.1) is 0 Å². The zero-order valence-electron chi connectivity index (χ0n) is 17.1. The molecule has 0 spiro atoms. The van der Waals surface area contributed by atoms with Gasteiger partial charge in [0.1, 0.15) is 5.82 Å². The average Bonchev–Trinajstić information content (AvgIpc) is 3.27. The highest BCUT2D eigenvalue weighted by Gasteiger charge is 2.73. The number of halogens is 8. The summed E-state index contributed by atoms with van der Waals surface area (Å²) in [6, 6.07) is 9.38. The monoisotopic (exact) mass is 486 g/mol. The van der Waals surface area contributed by atoms with Crippen LogP contribution in [0.5, 0.6) is 0 Å². The Morgan fingerprint density at radius 1 is 0.875 bits per heavy atom. The molecule has 0 saturated heterocycles. The zero-order chi connectivity index (χ0) is 24.2. The molecule has 0 bridgehead atoms. The second kappa shape index (κ2) is 10.3. The van der Waals surface area contributed by atoms with Crippen LogP contribution in [-0.4, -0.2) is 21.8 Å². The number of aryl methyl sites for hydroxylation is 1. The molecule has 1 nitrogen and oxygen atoms in total. The summed E-state index contributed by atoms with van der Waals surface area (Å²) in [7, 11) is -0.934. The Hall–Kier alpha value is -1.97. The molecule has 32 heavy (non-hydrogen) atoms. The smallest absolute Gasteiger partial charge is 0.254 e. The Morgan fingerprint density at radius 2 is 1.41 bits per heavy atom. The topological polar surface area (TPSA) is 17.1 Å². The molecule has 0 heterocycles. The molecule has 0 aliphatic heterocycles. The van der Waals surface area contributed by atoms with E-state index in [9.17, 15) is 39.3 Å². The van der Waals surface area contributed by atoms with E-state index in [1.54, 1.807) is 19.1 Å². The van der Waals surface area contributed by atoms with Crippen molar-refractivity contribution in [1.82, 2.24) is 0 Å². The SMILES string of the molecule is CCc1cccc(C(F)(C(F)(F)F)C(F)(F)F)c1.O=S(c1ccc(F)cc1)C1CCCC1. The lowest BCUT2D eigenvalue weighted by Crippen LogP contribution is -2.50. The molecule has 3 rings (SSSR count). The van der Waals surface area contributed by atoms with Gasteiger partial charge < -0.3 is 0 Å². The second-order valence-electron chi connectivity index (χ2n) is 7.37. The first-order chi connectivity index (χ1) is 14.8. The van der Waals surface area contributed by atoms with Crippen LogP contribution in [0.25, 0.3) is 0 Å². The quantitative estimate of drug-likeness (QED) is 0.411. The van der Waals surface area contributed by atoms with E-state index in [1.165, 1.54) is 31.0 Å². The van der Waals surface area contributed by atoms with Gasteiger partial charge in [-0.1, -0.05) is 44.0 Å². The maximum absolute atomic E-state index is 13.6. The fraction of sp³-hybridized carbons (Fsp3) is 0.455. The van der Waals surface area contributed by atoms with Gasteiger partial charge in [-0.25, -0.2) is 8.78 Å². The first-order valence-corrected chi connectivity index (χ1v) is 11.1. The summed E-state index contributed by atoms with van der Waals surface area (Å²) in [5.41, 5.74) is -6.59. The van der Waals surface area contributed by atoms with Crippen molar-refractivity contribution in [2.45, 2.75) is 67.2 Å². The molecule has 10 heteroatoms. The summed E-state index contributed by atoms with van der Waals surface area (Å²) in [5, 5.41) is 0.292. The van der Waals surface area contributed by atoms with Crippen molar-refractivity contribution in [3.05, 3.63) is 65.5 Å². The highest BCUT2D eigenvalue weighted by molar-refractivity contribution is 7.85. The van der Waals surface area contributed by atoms with Crippen LogP contribution in [-0.2, 0) is 22.9 Å². The van der Waals surface area contributed by atoms with Crippen LogP contribution in [0.3, 0.4) is 0 Å². The van der Waals surface area contributed by atoms with Gasteiger partial charge in [-0.2, -0.15) is 26.3 Å². The molecule has 0 N–H and O–H groups in total. The van der Waals surface area contributed by atoms with Gasteiger partial charge in [-0.3, -0.25) is 4.21 Å². The molecule has 0 amide bonds. The molecule has 2 aromatic rings. The molecule has 1 fully saturated rings. The van der Waals surface area contributed by atoms with E-state index in [0.29, 0.717) is 17.4 Å². The van der Waals surface area contributed by atoms with Gasteiger partial charge in [0.05, 0.1) is 10.8 Å². The number of alkyl halides is 7. The molecule has 178 valence electrons. The van der Waals surface area contributed by atoms with Crippen LogP contribution in [0, 0.1) is 5.82 Å². The molecule has 1 saturated carbocycles. The molecule has 2 aromatic carbocycles. The van der Waals surface area contributed by atoms with E-state index in [-0.39, 0.29) is 17.8 Å². The van der Waals surface area contributed by atoms with Crippen molar-refractivity contribution in [2.24, 2.45) is 0 Å². The summed E-state index contributed by atoms with van der Waals surface area (Å²) in [5.74, 6) is -0.267. The van der Waals surface area contributed by atoms with Crippen molar-refractivity contribution in [3.8, 4) is 0 Å². The van der Waals surface area contributed by atoms with Gasteiger partial charge in [-0.05, 0) is 49.1 Å². The lowest BCUT2D eigenvalue weighted by Gasteiger charge is -2.30. The van der Waals surface area contributed by atoms with Crippen molar-refractivity contribution >= 4 is 10.8 Å². The van der Waals surface area contributed by atoms with Crippen LogP contribution >= 0.6 is 0 Å². The average molecular weight is 486 g/mol. The molecule has 1 atom stereocenters. The van der Waals surface area contributed by atoms with E-state index >= 15 is 0 Å². The third-order valence-electron chi connectivity index (χ3n) is 5.17. The Balaban J connectivity index is 0.000000233. The molecule has 1 aliphatic rings. The first-order valence-electron chi connectivity index (χ1n) is 9.89. The normalized spacial score (nSPS) is 16.4. The predicted octanol–water partition coefficient (Wildman–Crippen LogP) is 7.41. The van der Waals surface area contributed by atoms with E-state index in [0.717, 1.165) is 23.8 Å². The zero-order valence-corrected chi connectivity index (χ0v) is 17.9. The second-order valence-corrected chi connectivity index (χ2v) is 9.10. The summed E-state index contributed by atoms with van der Waals surface area (Å²) < 4.78 is 113. The standard InChI is InChI=1S/C11H9F7.C11H13FOS/c1-2-7-4-3-5-8(6-7)9(12,10(13,14)15)11(16,17)18;12-9-5-7-11(8-6-9)14(13)10-3-1-2-4-10/h3-6H,2H2,1H3;5-8,10H,1-4H2. The Labute approximate surface area is 183 Å². The third-order valence-corrected chi connectivity index (χ3v) is 6.98. The molecule has 1 aliphatic carbocycles. The Kier molecular flexibility index (Phi) is 8.47. The van der Waals surface area contributed by atoms with Gasteiger partial charge in [0.15, 0.2) is 0 Å². The maximum Gasteiger partial charge on any atom is 0.435 e. The number of hydrogen-bond donors (Lipinski definition) is 0. The van der Waals surface area contributed by atoms with E-state index in [2.05, 4.69) is 0 Å². The predicted molar refractivity (Wildman–Crippen MR) is 106 cm³/mol. The largest absolute Gasteiger partial charge is 0.435 e. The molecule has 0 aromatic heterocycles. The van der Waals surface area contributed by atoms with E-state index in [4.69, 9.17) is 0 Å². The maximum atomic E-state index is 13.6. The minimum atomic E-state index is -6.06. The summed E-state index contributed by atoms with van der Waals surface area (Å²) in [4.78, 5) is 0.762. The van der Waals surface area contributed by atoms with E-state index < -0.39 is 34.4 Å². The van der Waals surface area contributed by atoms with Gasteiger partial charge in [0.25, 0.3) is 0 Å². The molecular formula is C22H22F8OS. The Morgan fingerprint density at radius 3 is 1.88 bits per heavy atom. The van der Waals surface area contributed by atoms with Crippen LogP contribution in [0.15, 0.2) is 53.4 Å². The molecular weight excluding hydrogens is 464 g/mol. The molecule has 0 radical (unpaired) electrons. The van der Waals surface area contributed by atoms with Gasteiger partial charge in [0, 0.05) is 15.7 Å². The fourth-order valence-electron chi connectivity index (χ4n) is 3.36. The van der Waals surface area contributed by atoms with Crippen molar-refractivity contribution in [2.75, 3.05) is 0 Å². The van der Waals surface area contributed by atoms with Gasteiger partial charge in [0.2, 0.25) is 0 Å². The summed E-state index contributed by atoms with van der Waals surface area (Å²) >= 11 is 0. The van der Waals surface area contributed by atoms with Crippen molar-refractivity contribution < 1.29 is 39.3 Å². The lowest BCUT2D eigenvalue weighted by molar-refractivity contribution is -0.348. The minimum Gasteiger partial charge on any atom is -0.254 e. The van der Waals surface area contributed by atoms with E-state index in [1.807, 2.05) is 0 Å². The number of benzene rings is 2. The van der Waals surface area contributed by atoms with Crippen molar-refractivity contribution in [3.63, 3.8) is 0 Å². The fourth-order valence-corrected chi connectivity index (χ4v) is 4.91. The van der Waals surface area contributed by atoms with Crippen LogP contribution in [0.2, 0.25) is 0 Å². The van der Waals surface area contributed by atoms with Gasteiger partial charge >= 0.3 is 18.0 Å². The first kappa shape index (κ1) is 26.3. The third kappa shape index (κ3) is 5.88. The molecule has 1 unspecified atom stereocenters. The van der Waals surface area contributed by atoms with Crippen molar-refractivity contribution in [1.29, 1.82) is 0 Å². The lowest BCUT2D eigenvalue weighted by atomic mass is 9.92. The highest BCUT2D eigenvalue weighted by Crippen LogP contribution is 2.53. The Bertz CT molecular complexity index is 885. The summed E-state index contributed by atoms with van der Waals surface area (Å²) in [6.45, 7) is 1.54. The summed E-state index contributed by atoms with van der Waals surface area (Å²) in [6.07, 6.45) is -7.46. The highest BCUT2D eigenvalue weighted by atomic mass is 32.2. The van der Waals surface area contributed by atoms with Crippen LogP contribution in [0.4, 0.5) is 35.1 Å².